The molecule has 4 heteroatoms. The maximum Gasteiger partial charge on any atom is 0.154 e. The van der Waals surface area contributed by atoms with Gasteiger partial charge in [-0.3, -0.25) is 0 Å². The van der Waals surface area contributed by atoms with Crippen LogP contribution in [-0.4, -0.2) is 32.5 Å². The first-order chi connectivity index (χ1) is 7.40. The fourth-order valence-electron chi connectivity index (χ4n) is 1.46. The summed E-state index contributed by atoms with van der Waals surface area (Å²) >= 11 is 0. The molecule has 0 radical (unpaired) electrons. The second kappa shape index (κ2) is 8.07. The third-order valence-electron chi connectivity index (χ3n) is 2.63. The largest absolute Gasteiger partial charge is 0.315 e. The molecule has 0 heterocycles. The zero-order valence-electron chi connectivity index (χ0n) is 11.1. The first kappa shape index (κ1) is 15.9. The van der Waals surface area contributed by atoms with Crippen molar-refractivity contribution in [1.82, 2.24) is 5.32 Å². The molecule has 16 heavy (non-hydrogen) atoms. The van der Waals surface area contributed by atoms with Gasteiger partial charge in [0.1, 0.15) is 0 Å². The fraction of sp³-hybridized carbons (Fsp3) is 1.00. The van der Waals surface area contributed by atoms with Crippen LogP contribution in [0, 0.1) is 5.92 Å². The highest BCUT2D eigenvalue weighted by Gasteiger charge is 2.19. The standard InChI is InChI=1S/C12H27NO2S/c1-5-6-7-8-16(14,15)12(4)10-13-9-11(2)3/h11-13H,5-10H2,1-4H3. The number of unbranched alkanes of at least 4 members (excludes halogenated alkanes) is 2. The molecule has 3 nitrogen and oxygen atoms in total. The lowest BCUT2D eigenvalue weighted by atomic mass is 10.2. The van der Waals surface area contributed by atoms with E-state index in [1.165, 1.54) is 0 Å². The van der Waals surface area contributed by atoms with E-state index in [-0.39, 0.29) is 5.25 Å². The van der Waals surface area contributed by atoms with Crippen LogP contribution >= 0.6 is 0 Å². The molecule has 98 valence electrons. The summed E-state index contributed by atoms with van der Waals surface area (Å²) in [5, 5.41) is 2.94. The van der Waals surface area contributed by atoms with E-state index in [1.807, 2.05) is 0 Å². The highest BCUT2D eigenvalue weighted by molar-refractivity contribution is 7.92. The number of hydrogen-bond donors (Lipinski definition) is 1. The summed E-state index contributed by atoms with van der Waals surface area (Å²) in [7, 11) is -2.89. The predicted molar refractivity (Wildman–Crippen MR) is 70.5 cm³/mol. The van der Waals surface area contributed by atoms with Crippen LogP contribution < -0.4 is 5.32 Å². The molecule has 0 aromatic carbocycles. The summed E-state index contributed by atoms with van der Waals surface area (Å²) in [4.78, 5) is 0. The predicted octanol–water partition coefficient (Wildman–Crippen LogP) is 2.23. The van der Waals surface area contributed by atoms with Crippen molar-refractivity contribution in [3.8, 4) is 0 Å². The van der Waals surface area contributed by atoms with E-state index in [4.69, 9.17) is 0 Å². The Kier molecular flexibility index (Phi) is 8.02. The van der Waals surface area contributed by atoms with Gasteiger partial charge in [-0.15, -0.1) is 0 Å². The van der Waals surface area contributed by atoms with Gasteiger partial charge < -0.3 is 5.32 Å². The Morgan fingerprint density at radius 1 is 1.06 bits per heavy atom. The lowest BCUT2D eigenvalue weighted by Gasteiger charge is -2.14. The minimum atomic E-state index is -2.89. The first-order valence-electron chi connectivity index (χ1n) is 6.32. The van der Waals surface area contributed by atoms with Crippen LogP contribution in [0.4, 0.5) is 0 Å². The van der Waals surface area contributed by atoms with Crippen LogP contribution in [0.3, 0.4) is 0 Å². The molecule has 0 aliphatic rings. The van der Waals surface area contributed by atoms with Crippen molar-refractivity contribution in [3.05, 3.63) is 0 Å². The number of nitrogens with one attached hydrogen (secondary N) is 1. The molecule has 0 aliphatic heterocycles. The summed E-state index contributed by atoms with van der Waals surface area (Å²) in [5.74, 6) is 0.903. The van der Waals surface area contributed by atoms with E-state index in [0.717, 1.165) is 25.8 Å². The van der Waals surface area contributed by atoms with Crippen LogP contribution in [-0.2, 0) is 9.84 Å². The third kappa shape index (κ3) is 7.23. The van der Waals surface area contributed by atoms with Crippen LogP contribution in [0.2, 0.25) is 0 Å². The van der Waals surface area contributed by atoms with Gasteiger partial charge in [0.15, 0.2) is 9.84 Å². The van der Waals surface area contributed by atoms with E-state index >= 15 is 0 Å². The Morgan fingerprint density at radius 2 is 1.69 bits per heavy atom. The highest BCUT2D eigenvalue weighted by Crippen LogP contribution is 2.06. The van der Waals surface area contributed by atoms with Gasteiger partial charge in [0.25, 0.3) is 0 Å². The second-order valence-corrected chi connectivity index (χ2v) is 7.48. The van der Waals surface area contributed by atoms with E-state index in [2.05, 4.69) is 26.1 Å². The molecule has 0 aromatic heterocycles. The Morgan fingerprint density at radius 3 is 2.19 bits per heavy atom. The Labute approximate surface area is 101 Å². The van der Waals surface area contributed by atoms with E-state index in [1.54, 1.807) is 6.92 Å². The van der Waals surface area contributed by atoms with Crippen LogP contribution in [0.15, 0.2) is 0 Å². The van der Waals surface area contributed by atoms with Crippen molar-refractivity contribution in [3.63, 3.8) is 0 Å². The molecule has 0 saturated heterocycles. The number of rotatable bonds is 9. The van der Waals surface area contributed by atoms with Gasteiger partial charge in [0.05, 0.1) is 11.0 Å². The Bertz CT molecular complexity index is 260. The van der Waals surface area contributed by atoms with Gasteiger partial charge in [-0.2, -0.15) is 0 Å². The molecule has 0 bridgehead atoms. The normalized spacial score (nSPS) is 14.3. The number of sulfone groups is 1. The quantitative estimate of drug-likeness (QED) is 0.637. The molecule has 0 aliphatic carbocycles. The van der Waals surface area contributed by atoms with Gasteiger partial charge in [0, 0.05) is 6.54 Å². The van der Waals surface area contributed by atoms with Gasteiger partial charge in [-0.1, -0.05) is 33.6 Å². The summed E-state index contributed by atoms with van der Waals surface area (Å²) in [6, 6.07) is 0. The van der Waals surface area contributed by atoms with Gasteiger partial charge >= 0.3 is 0 Å². The zero-order valence-corrected chi connectivity index (χ0v) is 11.9. The molecule has 0 fully saturated rings. The molecule has 0 spiro atoms. The highest BCUT2D eigenvalue weighted by atomic mass is 32.2. The average molecular weight is 249 g/mol. The van der Waals surface area contributed by atoms with E-state index in [9.17, 15) is 8.42 Å². The van der Waals surface area contributed by atoms with Crippen molar-refractivity contribution in [2.24, 2.45) is 5.92 Å². The van der Waals surface area contributed by atoms with Gasteiger partial charge in [0.2, 0.25) is 0 Å². The second-order valence-electron chi connectivity index (χ2n) is 4.94. The lowest BCUT2D eigenvalue weighted by Crippen LogP contribution is -2.34. The topological polar surface area (TPSA) is 46.2 Å². The summed E-state index contributed by atoms with van der Waals surface area (Å²) in [6.45, 7) is 9.58. The minimum Gasteiger partial charge on any atom is -0.315 e. The molecule has 1 atom stereocenters. The van der Waals surface area contributed by atoms with Crippen molar-refractivity contribution in [1.29, 1.82) is 0 Å². The third-order valence-corrected chi connectivity index (χ3v) is 4.88. The molecular weight excluding hydrogens is 222 g/mol. The molecule has 1 N–H and O–H groups in total. The van der Waals surface area contributed by atoms with Crippen molar-refractivity contribution >= 4 is 9.84 Å². The molecule has 0 saturated carbocycles. The van der Waals surface area contributed by atoms with Crippen molar-refractivity contribution < 1.29 is 8.42 Å². The summed E-state index contributed by atoms with van der Waals surface area (Å²) in [5.41, 5.74) is 0. The molecule has 0 amide bonds. The van der Waals surface area contributed by atoms with Crippen LogP contribution in [0.5, 0.6) is 0 Å². The SMILES string of the molecule is CCCCCS(=O)(=O)C(C)CNCC(C)C. The van der Waals surface area contributed by atoms with E-state index < -0.39 is 9.84 Å². The minimum absolute atomic E-state index is 0.261. The van der Waals surface area contributed by atoms with Crippen LogP contribution in [0.25, 0.3) is 0 Å². The number of hydrogen-bond acceptors (Lipinski definition) is 3. The van der Waals surface area contributed by atoms with Crippen molar-refractivity contribution in [2.45, 2.75) is 52.2 Å². The zero-order chi connectivity index (χ0) is 12.6. The summed E-state index contributed by atoms with van der Waals surface area (Å²) < 4.78 is 23.7. The molecule has 1 unspecified atom stereocenters. The Balaban J connectivity index is 3.90. The van der Waals surface area contributed by atoms with Gasteiger partial charge in [-0.25, -0.2) is 8.42 Å². The fourth-order valence-corrected chi connectivity index (χ4v) is 2.84. The van der Waals surface area contributed by atoms with Gasteiger partial charge in [-0.05, 0) is 25.8 Å². The molecule has 0 rings (SSSR count). The molecular formula is C12H27NO2S. The summed E-state index contributed by atoms with van der Waals surface area (Å²) in [6.07, 6.45) is 2.87. The van der Waals surface area contributed by atoms with Crippen molar-refractivity contribution in [2.75, 3.05) is 18.8 Å². The average Bonchev–Trinajstić information content (AvgIpc) is 2.17. The van der Waals surface area contributed by atoms with E-state index in [0.29, 0.717) is 18.2 Å². The Hall–Kier alpha value is -0.0900. The first-order valence-corrected chi connectivity index (χ1v) is 8.04. The smallest absolute Gasteiger partial charge is 0.154 e. The lowest BCUT2D eigenvalue weighted by molar-refractivity contribution is 0.534. The monoisotopic (exact) mass is 249 g/mol. The maximum atomic E-state index is 11.8. The maximum absolute atomic E-state index is 11.8. The van der Waals surface area contributed by atoms with Crippen LogP contribution in [0.1, 0.15) is 47.0 Å². The molecule has 0 aromatic rings.